The van der Waals surface area contributed by atoms with Crippen LogP contribution in [0, 0.1) is 11.8 Å². The highest BCUT2D eigenvalue weighted by Gasteiger charge is 2.38. The molecular weight excluding hydrogens is 492 g/mol. The monoisotopic (exact) mass is 530 g/mol. The molecule has 0 aliphatic carbocycles. The minimum absolute atomic E-state index is 0.0490. The van der Waals surface area contributed by atoms with Gasteiger partial charge in [-0.2, -0.15) is 0 Å². The fourth-order valence-corrected chi connectivity index (χ4v) is 4.92. The smallest absolute Gasteiger partial charge is 0.244 e. The van der Waals surface area contributed by atoms with E-state index in [0.29, 0.717) is 37.9 Å². The van der Waals surface area contributed by atoms with Crippen LogP contribution in [0.1, 0.15) is 87.9 Å². The number of fused-ring (bicyclic) bond motifs is 1. The van der Waals surface area contributed by atoms with Crippen LogP contribution < -0.4 is 25.8 Å². The number of hydroxylamine groups is 1. The lowest BCUT2D eigenvalue weighted by molar-refractivity contribution is -0.619. The zero-order chi connectivity index (χ0) is 27.8. The van der Waals surface area contributed by atoms with Crippen LogP contribution in [0.3, 0.4) is 0 Å². The molecule has 3 rings (SSSR count). The number of hydrogen-bond acceptors (Lipinski definition) is 7. The highest BCUT2D eigenvalue weighted by molar-refractivity contribution is 5.90. The summed E-state index contributed by atoms with van der Waals surface area (Å²) in [5.41, 5.74) is 5.16. The molecule has 12 nitrogen and oxygen atoms in total. The molecule has 1 saturated heterocycles. The van der Waals surface area contributed by atoms with Gasteiger partial charge in [0.2, 0.25) is 30.1 Å². The second-order valence-corrected chi connectivity index (χ2v) is 9.84. The summed E-state index contributed by atoms with van der Waals surface area (Å²) in [6.45, 7) is 6.43. The topological polar surface area (TPSA) is 159 Å². The van der Waals surface area contributed by atoms with Crippen LogP contribution in [0.2, 0.25) is 0 Å². The standard InChI is InChI=1S/C26H38N6O6/c1-4-6-9-18(16-22(33)29-38)25(35)31-20(10-7-13-27-31)24(34)28-23(17(3)5-2)19-12-15-30-14-8-11-21(26(36)37)32(19)30/h8,11-12,14-15,17-18,20,23,27H,4-7,9-10,13,16H2,1-3H3,(H3-,28,29,33,34,36,37,38). The highest BCUT2D eigenvalue weighted by Crippen LogP contribution is 2.26. The lowest BCUT2D eigenvalue weighted by atomic mass is 9.94. The Balaban J connectivity index is 1.90. The molecule has 0 aromatic carbocycles. The largest absolute Gasteiger partial charge is 0.543 e. The minimum Gasteiger partial charge on any atom is -0.543 e. The van der Waals surface area contributed by atoms with E-state index in [1.807, 2.05) is 20.8 Å². The first kappa shape index (κ1) is 29.1. The van der Waals surface area contributed by atoms with Crippen LogP contribution in [0.15, 0.2) is 30.6 Å². The number of amides is 3. The fraction of sp³-hybridized carbons (Fsp3) is 0.577. The molecule has 1 aliphatic rings. The Morgan fingerprint density at radius 1 is 1.24 bits per heavy atom. The Labute approximate surface area is 221 Å². The van der Waals surface area contributed by atoms with Gasteiger partial charge in [-0.1, -0.05) is 44.5 Å². The lowest BCUT2D eigenvalue weighted by Gasteiger charge is -2.38. The molecular formula is C26H38N6O6. The van der Waals surface area contributed by atoms with E-state index in [-0.39, 0.29) is 29.8 Å². The summed E-state index contributed by atoms with van der Waals surface area (Å²) in [7, 11) is 0. The molecule has 4 N–H and O–H groups in total. The maximum atomic E-state index is 13.7. The summed E-state index contributed by atoms with van der Waals surface area (Å²) >= 11 is 0. The Bertz CT molecular complexity index is 1150. The van der Waals surface area contributed by atoms with Gasteiger partial charge in [0.1, 0.15) is 17.4 Å². The molecule has 2 aromatic heterocycles. The van der Waals surface area contributed by atoms with Crippen molar-refractivity contribution in [2.24, 2.45) is 11.8 Å². The number of aromatic carboxylic acids is 1. The average molecular weight is 531 g/mol. The Hall–Kier alpha value is -3.51. The van der Waals surface area contributed by atoms with Gasteiger partial charge in [-0.05, 0) is 31.2 Å². The number of unbranched alkanes of at least 4 members (excludes halogenated alkanes) is 1. The summed E-state index contributed by atoms with van der Waals surface area (Å²) in [5.74, 6) is -3.49. The summed E-state index contributed by atoms with van der Waals surface area (Å²) in [6, 6.07) is 3.45. The third-order valence-electron chi connectivity index (χ3n) is 7.23. The van der Waals surface area contributed by atoms with Crippen LogP contribution in [-0.2, 0) is 14.4 Å². The number of aromatic nitrogens is 2. The minimum atomic E-state index is -1.34. The summed E-state index contributed by atoms with van der Waals surface area (Å²) in [5, 5.41) is 25.2. The second kappa shape index (κ2) is 13.3. The van der Waals surface area contributed by atoms with Gasteiger partial charge >= 0.3 is 0 Å². The molecule has 38 heavy (non-hydrogen) atoms. The number of carboxylic acid groups (broad SMARTS) is 1. The van der Waals surface area contributed by atoms with Crippen molar-refractivity contribution in [2.45, 2.75) is 77.8 Å². The third kappa shape index (κ3) is 6.48. The molecule has 0 bridgehead atoms. The van der Waals surface area contributed by atoms with Crippen LogP contribution in [0.5, 0.6) is 0 Å². The highest BCUT2D eigenvalue weighted by atomic mass is 16.5. The zero-order valence-electron chi connectivity index (χ0n) is 22.2. The predicted octanol–water partition coefficient (Wildman–Crippen LogP) is 0.289. The van der Waals surface area contributed by atoms with Crippen molar-refractivity contribution >= 4 is 23.7 Å². The number of rotatable bonds is 12. The Morgan fingerprint density at radius 2 is 2.00 bits per heavy atom. The zero-order valence-corrected chi connectivity index (χ0v) is 22.2. The maximum Gasteiger partial charge on any atom is 0.244 e. The number of nitrogens with one attached hydrogen (secondary N) is 3. The Kier molecular flexibility index (Phi) is 10.2. The van der Waals surface area contributed by atoms with E-state index in [1.165, 1.54) is 15.6 Å². The average Bonchev–Trinajstić information content (AvgIpc) is 3.36. The van der Waals surface area contributed by atoms with E-state index < -0.39 is 29.9 Å². The van der Waals surface area contributed by atoms with E-state index in [9.17, 15) is 24.3 Å². The molecule has 1 fully saturated rings. The molecule has 0 radical (unpaired) electrons. The number of carboxylic acids is 1. The summed E-state index contributed by atoms with van der Waals surface area (Å²) in [4.78, 5) is 50.9. The first-order valence-corrected chi connectivity index (χ1v) is 13.3. The van der Waals surface area contributed by atoms with Gasteiger partial charge in [0.25, 0.3) is 0 Å². The van der Waals surface area contributed by atoms with Gasteiger partial charge in [0.05, 0.1) is 12.0 Å². The van der Waals surface area contributed by atoms with E-state index in [1.54, 1.807) is 34.5 Å². The van der Waals surface area contributed by atoms with Crippen LogP contribution >= 0.6 is 0 Å². The number of hydrazine groups is 1. The number of carbonyl (C=O) groups excluding carboxylic acids is 4. The van der Waals surface area contributed by atoms with Crippen LogP contribution in [0.4, 0.5) is 0 Å². The Morgan fingerprint density at radius 3 is 2.66 bits per heavy atom. The van der Waals surface area contributed by atoms with Gasteiger partial charge in [-0.25, -0.2) is 10.9 Å². The van der Waals surface area contributed by atoms with Gasteiger partial charge in [-0.3, -0.25) is 24.6 Å². The van der Waals surface area contributed by atoms with Crippen molar-refractivity contribution in [3.05, 3.63) is 42.0 Å². The lowest BCUT2D eigenvalue weighted by Crippen LogP contribution is -2.60. The van der Waals surface area contributed by atoms with Gasteiger partial charge in [0.15, 0.2) is 0 Å². The summed E-state index contributed by atoms with van der Waals surface area (Å²) < 4.78 is 3.12. The molecule has 1 aliphatic heterocycles. The molecule has 208 valence electrons. The number of nitrogens with zero attached hydrogens (tertiary/aromatic N) is 3. The van der Waals surface area contributed by atoms with E-state index in [4.69, 9.17) is 5.21 Å². The van der Waals surface area contributed by atoms with Gasteiger partial charge in [-0.15, -0.1) is 4.52 Å². The molecule has 0 spiro atoms. The number of hydrogen-bond donors (Lipinski definition) is 4. The second-order valence-electron chi connectivity index (χ2n) is 9.84. The van der Waals surface area contributed by atoms with Crippen LogP contribution in [-0.4, -0.2) is 51.0 Å². The van der Waals surface area contributed by atoms with Crippen molar-refractivity contribution in [3.8, 4) is 0 Å². The molecule has 0 saturated carbocycles. The van der Waals surface area contributed by atoms with Gasteiger partial charge in [0, 0.05) is 31.0 Å². The fourth-order valence-electron chi connectivity index (χ4n) is 4.92. The molecule has 4 unspecified atom stereocenters. The van der Waals surface area contributed by atoms with Crippen molar-refractivity contribution in [2.75, 3.05) is 6.54 Å². The van der Waals surface area contributed by atoms with E-state index in [2.05, 4.69) is 10.7 Å². The molecule has 4 atom stereocenters. The maximum absolute atomic E-state index is 13.7. The first-order valence-electron chi connectivity index (χ1n) is 13.3. The van der Waals surface area contributed by atoms with Crippen molar-refractivity contribution in [1.82, 2.24) is 25.7 Å². The van der Waals surface area contributed by atoms with Crippen molar-refractivity contribution in [1.29, 1.82) is 0 Å². The molecule has 3 amide bonds. The van der Waals surface area contributed by atoms with E-state index in [0.717, 1.165) is 12.8 Å². The van der Waals surface area contributed by atoms with Crippen LogP contribution in [0.25, 0.3) is 0 Å². The molecule has 2 aromatic rings. The van der Waals surface area contributed by atoms with Crippen molar-refractivity contribution < 1.29 is 34.0 Å². The predicted molar refractivity (Wildman–Crippen MR) is 133 cm³/mol. The van der Waals surface area contributed by atoms with Crippen molar-refractivity contribution in [3.63, 3.8) is 0 Å². The number of carbonyl (C=O) groups is 4. The molecule has 12 heteroatoms. The SMILES string of the molecule is CCCCC(CC(=O)NO)C(=O)N1NCCCC1C(=O)NC(c1cc[n+]2cccc(C(=O)[O-])n12)C(C)CC. The normalized spacial score (nSPS) is 18.0. The van der Waals surface area contributed by atoms with Gasteiger partial charge < -0.3 is 15.2 Å². The quantitative estimate of drug-likeness (QED) is 0.174. The first-order chi connectivity index (χ1) is 18.2. The van der Waals surface area contributed by atoms with E-state index >= 15 is 0 Å². The third-order valence-corrected chi connectivity index (χ3v) is 7.23. The molecule has 3 heterocycles. The summed E-state index contributed by atoms with van der Waals surface area (Å²) in [6.07, 6.45) is 7.04.